The zero-order valence-corrected chi connectivity index (χ0v) is 10.9. The first-order chi connectivity index (χ1) is 8.95. The lowest BCUT2D eigenvalue weighted by Crippen LogP contribution is -2.42. The van der Waals surface area contributed by atoms with Crippen LogP contribution in [0.4, 0.5) is 4.39 Å². The highest BCUT2D eigenvalue weighted by atomic mass is 35.5. The summed E-state index contributed by atoms with van der Waals surface area (Å²) in [4.78, 5) is 23.3. The normalized spacial score (nSPS) is 29.1. The smallest absolute Gasteiger partial charge is 0.221 e. The number of nitrogens with zero attached hydrogens (tertiary/aromatic N) is 1. The summed E-state index contributed by atoms with van der Waals surface area (Å²) in [5.74, 6) is -2.81. The molecule has 2 aliphatic rings. The molecule has 0 aromatic carbocycles. The largest absolute Gasteiger partial charge is 0.411 e. The average molecular weight is 287 g/mol. The van der Waals surface area contributed by atoms with Crippen LogP contribution < -0.4 is 5.32 Å². The first kappa shape index (κ1) is 13.7. The number of carbonyl (C=O) groups is 2. The lowest BCUT2D eigenvalue weighted by atomic mass is 9.73. The highest BCUT2D eigenvalue weighted by molar-refractivity contribution is 6.42. The standard InChI is InChI=1S/C12H12ClFN2O3/c1-5(17)15-9-4-7(14)11(13)6-2-3-8(16-19)12(18)10(6)9/h4,6,10,19H,2-3H2,1H3,(H,15,17)/b16-8+. The summed E-state index contributed by atoms with van der Waals surface area (Å²) in [5, 5.41) is 14.1. The Kier molecular flexibility index (Phi) is 3.71. The molecule has 0 radical (unpaired) electrons. The minimum atomic E-state index is -0.796. The van der Waals surface area contributed by atoms with Crippen LogP contribution in [0.1, 0.15) is 19.8 Å². The van der Waals surface area contributed by atoms with Gasteiger partial charge in [-0.3, -0.25) is 9.59 Å². The van der Waals surface area contributed by atoms with E-state index in [1.165, 1.54) is 6.92 Å². The van der Waals surface area contributed by atoms with E-state index in [2.05, 4.69) is 10.5 Å². The second-order valence-corrected chi connectivity index (χ2v) is 4.92. The third-order valence-corrected chi connectivity index (χ3v) is 3.73. The van der Waals surface area contributed by atoms with E-state index in [0.29, 0.717) is 6.42 Å². The topological polar surface area (TPSA) is 78.8 Å². The van der Waals surface area contributed by atoms with Crippen molar-refractivity contribution in [2.45, 2.75) is 19.8 Å². The van der Waals surface area contributed by atoms with Gasteiger partial charge < -0.3 is 10.5 Å². The summed E-state index contributed by atoms with van der Waals surface area (Å²) in [6.45, 7) is 1.27. The van der Waals surface area contributed by atoms with E-state index in [1.807, 2.05) is 0 Å². The number of halogens is 2. The summed E-state index contributed by atoms with van der Waals surface area (Å²) in [6, 6.07) is 0. The Bertz CT molecular complexity index is 539. The SMILES string of the molecule is CC(=O)NC1=CC(F)=C(Cl)C2CC/C(=N\O)C(=O)C12. The summed E-state index contributed by atoms with van der Waals surface area (Å²) < 4.78 is 13.7. The van der Waals surface area contributed by atoms with Gasteiger partial charge in [-0.1, -0.05) is 16.8 Å². The highest BCUT2D eigenvalue weighted by Crippen LogP contribution is 2.42. The van der Waals surface area contributed by atoms with Crippen molar-refractivity contribution in [3.63, 3.8) is 0 Å². The average Bonchev–Trinajstić information content (AvgIpc) is 2.34. The molecule has 1 saturated carbocycles. The monoisotopic (exact) mass is 286 g/mol. The van der Waals surface area contributed by atoms with Gasteiger partial charge in [0.15, 0.2) is 5.78 Å². The van der Waals surface area contributed by atoms with Gasteiger partial charge in [-0.15, -0.1) is 0 Å². The number of fused-ring (bicyclic) bond motifs is 1. The number of carbonyl (C=O) groups excluding carboxylic acids is 2. The summed E-state index contributed by atoms with van der Waals surface area (Å²) in [7, 11) is 0. The molecule has 2 atom stereocenters. The summed E-state index contributed by atoms with van der Waals surface area (Å²) >= 11 is 5.89. The van der Waals surface area contributed by atoms with Crippen molar-refractivity contribution in [1.82, 2.24) is 5.32 Å². The van der Waals surface area contributed by atoms with Gasteiger partial charge in [-0.25, -0.2) is 4.39 Å². The second-order valence-electron chi connectivity index (χ2n) is 4.51. The molecule has 0 aromatic heterocycles. The fourth-order valence-corrected chi connectivity index (χ4v) is 2.75. The molecule has 1 fully saturated rings. The quantitative estimate of drug-likeness (QED) is 0.570. The molecule has 2 aliphatic carbocycles. The first-order valence-corrected chi connectivity index (χ1v) is 6.13. The van der Waals surface area contributed by atoms with Crippen molar-refractivity contribution in [1.29, 1.82) is 0 Å². The summed E-state index contributed by atoms with van der Waals surface area (Å²) in [5.41, 5.74) is 0.175. The third-order valence-electron chi connectivity index (χ3n) is 3.27. The van der Waals surface area contributed by atoms with Gasteiger partial charge in [0.25, 0.3) is 0 Å². The van der Waals surface area contributed by atoms with Crippen molar-refractivity contribution in [2.75, 3.05) is 0 Å². The van der Waals surface area contributed by atoms with E-state index in [-0.39, 0.29) is 22.9 Å². The Morgan fingerprint density at radius 2 is 2.32 bits per heavy atom. The van der Waals surface area contributed by atoms with Gasteiger partial charge in [0.1, 0.15) is 11.5 Å². The van der Waals surface area contributed by atoms with Crippen LogP contribution >= 0.6 is 11.6 Å². The molecular formula is C12H12ClFN2O3. The van der Waals surface area contributed by atoms with Crippen molar-refractivity contribution in [3.05, 3.63) is 22.6 Å². The molecule has 2 unspecified atom stereocenters. The molecule has 0 aromatic rings. The fraction of sp³-hybridized carbons (Fsp3) is 0.417. The van der Waals surface area contributed by atoms with Crippen LogP contribution in [0.3, 0.4) is 0 Å². The number of nitrogens with one attached hydrogen (secondary N) is 1. The zero-order chi connectivity index (χ0) is 14.2. The minimum Gasteiger partial charge on any atom is -0.411 e. The maximum absolute atomic E-state index is 13.7. The molecule has 7 heteroatoms. The van der Waals surface area contributed by atoms with Crippen LogP contribution in [-0.4, -0.2) is 22.6 Å². The van der Waals surface area contributed by atoms with Crippen molar-refractivity contribution >= 4 is 29.0 Å². The van der Waals surface area contributed by atoms with Gasteiger partial charge in [0.2, 0.25) is 5.91 Å². The van der Waals surface area contributed by atoms with E-state index < -0.39 is 29.4 Å². The molecule has 0 aliphatic heterocycles. The van der Waals surface area contributed by atoms with Crippen LogP contribution in [-0.2, 0) is 9.59 Å². The number of hydrogen-bond acceptors (Lipinski definition) is 4. The van der Waals surface area contributed by atoms with Gasteiger partial charge in [-0.05, 0) is 18.9 Å². The Morgan fingerprint density at radius 1 is 1.63 bits per heavy atom. The van der Waals surface area contributed by atoms with Crippen molar-refractivity contribution < 1.29 is 19.2 Å². The summed E-state index contributed by atoms with van der Waals surface area (Å²) in [6.07, 6.45) is 1.66. The lowest BCUT2D eigenvalue weighted by molar-refractivity contribution is -0.119. The van der Waals surface area contributed by atoms with E-state index in [9.17, 15) is 14.0 Å². The van der Waals surface area contributed by atoms with E-state index >= 15 is 0 Å². The van der Waals surface area contributed by atoms with Gasteiger partial charge in [0.05, 0.1) is 11.0 Å². The van der Waals surface area contributed by atoms with E-state index in [0.717, 1.165) is 6.08 Å². The van der Waals surface area contributed by atoms with Gasteiger partial charge >= 0.3 is 0 Å². The zero-order valence-electron chi connectivity index (χ0n) is 10.1. The Hall–Kier alpha value is -1.69. The predicted octanol–water partition coefficient (Wildman–Crippen LogP) is 1.87. The number of hydrogen-bond donors (Lipinski definition) is 2. The van der Waals surface area contributed by atoms with Crippen molar-refractivity contribution in [2.24, 2.45) is 17.0 Å². The van der Waals surface area contributed by atoms with Crippen LogP contribution in [0.2, 0.25) is 0 Å². The molecule has 5 nitrogen and oxygen atoms in total. The Labute approximate surface area is 113 Å². The van der Waals surface area contributed by atoms with Crippen LogP contribution in [0.25, 0.3) is 0 Å². The maximum Gasteiger partial charge on any atom is 0.221 e. The molecule has 2 N–H and O–H groups in total. The van der Waals surface area contributed by atoms with Crippen molar-refractivity contribution in [3.8, 4) is 0 Å². The predicted molar refractivity (Wildman–Crippen MR) is 66.3 cm³/mol. The Balaban J connectivity index is 2.43. The molecule has 0 spiro atoms. The highest BCUT2D eigenvalue weighted by Gasteiger charge is 2.43. The molecule has 1 amide bonds. The molecule has 19 heavy (non-hydrogen) atoms. The molecule has 0 heterocycles. The van der Waals surface area contributed by atoms with Crippen LogP contribution in [0.15, 0.2) is 27.8 Å². The number of Topliss-reactive ketones (excluding diaryl/α,β-unsaturated/α-hetero) is 1. The second kappa shape index (κ2) is 5.13. The maximum atomic E-state index is 13.7. The molecule has 0 saturated heterocycles. The number of rotatable bonds is 1. The number of allylic oxidation sites excluding steroid dienone is 4. The van der Waals surface area contributed by atoms with E-state index in [1.54, 1.807) is 0 Å². The first-order valence-electron chi connectivity index (χ1n) is 5.75. The number of ketones is 1. The lowest BCUT2D eigenvalue weighted by Gasteiger charge is -2.34. The number of oxime groups is 1. The molecule has 102 valence electrons. The molecular weight excluding hydrogens is 275 g/mol. The van der Waals surface area contributed by atoms with Gasteiger partial charge in [-0.2, -0.15) is 0 Å². The Morgan fingerprint density at radius 3 is 2.89 bits per heavy atom. The van der Waals surface area contributed by atoms with Gasteiger partial charge in [0, 0.05) is 18.5 Å². The van der Waals surface area contributed by atoms with E-state index in [4.69, 9.17) is 16.8 Å². The molecule has 0 bridgehead atoms. The third kappa shape index (κ3) is 2.40. The molecule has 2 rings (SSSR count). The number of amides is 1. The fourth-order valence-electron chi connectivity index (χ4n) is 2.46. The van der Waals surface area contributed by atoms with Crippen LogP contribution in [0, 0.1) is 11.8 Å². The minimum absolute atomic E-state index is 0.0178. The van der Waals surface area contributed by atoms with Crippen LogP contribution in [0.5, 0.6) is 0 Å².